The molecule has 8 nitrogen and oxygen atoms in total. The Morgan fingerprint density at radius 1 is 0.703 bits per heavy atom. The number of benzene rings is 3. The number of fused-ring (bicyclic) bond motifs is 1. The van der Waals surface area contributed by atoms with Gasteiger partial charge in [0, 0.05) is 11.1 Å². The van der Waals surface area contributed by atoms with Crippen molar-refractivity contribution in [3.63, 3.8) is 0 Å². The molecule has 0 spiro atoms. The number of hydrogen-bond acceptors (Lipinski definition) is 4. The lowest BCUT2D eigenvalue weighted by Crippen LogP contribution is -2.20. The first-order valence-corrected chi connectivity index (χ1v) is 12.1. The van der Waals surface area contributed by atoms with Crippen molar-refractivity contribution in [2.24, 2.45) is 0 Å². The highest BCUT2D eigenvalue weighted by Gasteiger charge is 2.34. The van der Waals surface area contributed by atoms with Crippen molar-refractivity contribution in [3.05, 3.63) is 114 Å². The number of H-pyrrole nitrogens is 4. The van der Waals surface area contributed by atoms with Gasteiger partial charge >= 0.3 is 0 Å². The van der Waals surface area contributed by atoms with Crippen LogP contribution in [0.4, 0.5) is 0 Å². The Balaban J connectivity index is 1.65. The summed E-state index contributed by atoms with van der Waals surface area (Å²) in [6.07, 6.45) is 0. The van der Waals surface area contributed by atoms with Crippen molar-refractivity contribution in [2.45, 2.75) is 19.8 Å². The number of aryl methyl sites for hydroxylation is 2. The average molecular weight is 515 g/mol. The molecule has 0 bridgehead atoms. The molecule has 9 heteroatoms. The fourth-order valence-corrected chi connectivity index (χ4v) is 5.05. The first-order chi connectivity index (χ1) is 17.9. The molecule has 1 aliphatic heterocycles. The maximum Gasteiger partial charge on any atom is 0.268 e. The number of aromatic amines is 4. The molecule has 0 atom stereocenters. The fraction of sp³-hybridized carbons (Fsp3) is 0.143. The summed E-state index contributed by atoms with van der Waals surface area (Å²) in [6.45, 7) is 4.05. The summed E-state index contributed by atoms with van der Waals surface area (Å²) >= 11 is 6.80. The first kappa shape index (κ1) is 23.0. The lowest BCUT2D eigenvalue weighted by atomic mass is 9.82. The van der Waals surface area contributed by atoms with Crippen LogP contribution in [0.1, 0.15) is 33.7 Å². The van der Waals surface area contributed by atoms with E-state index in [1.54, 1.807) is 12.1 Å². The van der Waals surface area contributed by atoms with Crippen molar-refractivity contribution in [1.82, 2.24) is 20.4 Å². The van der Waals surface area contributed by atoms with Crippen molar-refractivity contribution in [1.29, 1.82) is 0 Å². The van der Waals surface area contributed by atoms with E-state index >= 15 is 0 Å². The van der Waals surface area contributed by atoms with Crippen molar-refractivity contribution < 1.29 is 9.47 Å². The van der Waals surface area contributed by atoms with E-state index in [4.69, 9.17) is 21.1 Å². The molecule has 37 heavy (non-hydrogen) atoms. The smallest absolute Gasteiger partial charge is 0.268 e. The molecule has 6 rings (SSSR count). The normalized spacial score (nSPS) is 12.4. The van der Waals surface area contributed by atoms with Crippen LogP contribution < -0.4 is 20.6 Å². The predicted octanol–water partition coefficient (Wildman–Crippen LogP) is 5.23. The van der Waals surface area contributed by atoms with Gasteiger partial charge in [-0.15, -0.1) is 0 Å². The van der Waals surface area contributed by atoms with Crippen LogP contribution in [0, 0.1) is 13.8 Å². The van der Waals surface area contributed by atoms with Crippen molar-refractivity contribution in [3.8, 4) is 34.0 Å². The van der Waals surface area contributed by atoms with Crippen LogP contribution in [0.25, 0.3) is 22.5 Å². The highest BCUT2D eigenvalue weighted by molar-refractivity contribution is 6.31. The number of rotatable bonds is 5. The molecule has 0 saturated carbocycles. The number of nitrogens with one attached hydrogen (secondary N) is 4. The van der Waals surface area contributed by atoms with Gasteiger partial charge in [-0.2, -0.15) is 0 Å². The summed E-state index contributed by atoms with van der Waals surface area (Å²) in [7, 11) is 0. The minimum absolute atomic E-state index is 0.0679. The number of halogens is 1. The average Bonchev–Trinajstić information content (AvgIpc) is 3.60. The minimum Gasteiger partial charge on any atom is -0.454 e. The van der Waals surface area contributed by atoms with Crippen LogP contribution in [-0.4, -0.2) is 27.2 Å². The standard InChI is InChI=1S/C28H23ClN4O4/c1-14-3-7-16(8-4-14)25-23(27(34)32-30-25)22(18-11-20-21(12-19(18)29)37-13-36-20)24-26(31-33-28(24)35)17-9-5-15(2)6-10-17/h3-12,22H,13H2,1-2H3,(H2,30,32,34)(H2,31,33,35). The zero-order chi connectivity index (χ0) is 25.7. The Bertz CT molecular complexity index is 1630. The summed E-state index contributed by atoms with van der Waals surface area (Å²) in [6, 6.07) is 19.0. The summed E-state index contributed by atoms with van der Waals surface area (Å²) in [5.74, 6) is 0.174. The molecule has 0 unspecified atom stereocenters. The van der Waals surface area contributed by atoms with Crippen molar-refractivity contribution >= 4 is 11.6 Å². The van der Waals surface area contributed by atoms with E-state index in [-0.39, 0.29) is 17.9 Å². The first-order valence-electron chi connectivity index (χ1n) is 11.7. The molecule has 0 saturated heterocycles. The topological polar surface area (TPSA) is 116 Å². The molecule has 3 heterocycles. The van der Waals surface area contributed by atoms with E-state index in [0.717, 1.165) is 22.3 Å². The van der Waals surface area contributed by atoms with E-state index in [1.807, 2.05) is 62.4 Å². The second-order valence-corrected chi connectivity index (χ2v) is 9.53. The summed E-state index contributed by atoms with van der Waals surface area (Å²) in [5, 5.41) is 11.8. The van der Waals surface area contributed by atoms with Gasteiger partial charge in [-0.3, -0.25) is 30.0 Å². The maximum atomic E-state index is 13.4. The molecule has 0 radical (unpaired) electrons. The number of hydrogen-bond donors (Lipinski definition) is 4. The SMILES string of the molecule is Cc1ccc(-c2[nH][nH]c(=O)c2C(c2cc3c(cc2Cl)OCO3)c2c(-c3ccc(C)cc3)[nH][nH]c2=O)cc1. The quantitative estimate of drug-likeness (QED) is 0.257. The second kappa shape index (κ2) is 8.90. The van der Waals surface area contributed by atoms with Gasteiger partial charge in [-0.25, -0.2) is 0 Å². The van der Waals surface area contributed by atoms with Crippen LogP contribution >= 0.6 is 11.6 Å². The van der Waals surface area contributed by atoms with Gasteiger partial charge in [0.05, 0.1) is 28.4 Å². The second-order valence-electron chi connectivity index (χ2n) is 9.13. The molecule has 3 aromatic carbocycles. The monoisotopic (exact) mass is 514 g/mol. The predicted molar refractivity (Wildman–Crippen MR) is 142 cm³/mol. The third-order valence-corrected chi connectivity index (χ3v) is 7.02. The molecule has 1 aliphatic rings. The highest BCUT2D eigenvalue weighted by Crippen LogP contribution is 2.45. The van der Waals surface area contributed by atoms with Crippen LogP contribution in [0.15, 0.2) is 70.3 Å². The maximum absolute atomic E-state index is 13.4. The molecule has 5 aromatic rings. The molecule has 0 fully saturated rings. The van der Waals surface area contributed by atoms with Gasteiger partial charge in [-0.05, 0) is 36.6 Å². The molecule has 0 amide bonds. The Hall–Kier alpha value is -4.43. The van der Waals surface area contributed by atoms with E-state index < -0.39 is 5.92 Å². The number of ether oxygens (including phenoxy) is 2. The fourth-order valence-electron chi connectivity index (χ4n) is 4.79. The van der Waals surface area contributed by atoms with Gasteiger partial charge < -0.3 is 9.47 Å². The number of aromatic nitrogens is 4. The van der Waals surface area contributed by atoms with Crippen LogP contribution in [-0.2, 0) is 0 Å². The summed E-state index contributed by atoms with van der Waals surface area (Å²) in [5.41, 5.74) is 5.46. The Morgan fingerprint density at radius 3 is 1.65 bits per heavy atom. The molecular weight excluding hydrogens is 492 g/mol. The third-order valence-electron chi connectivity index (χ3n) is 6.69. The van der Waals surface area contributed by atoms with Crippen molar-refractivity contribution in [2.75, 3.05) is 6.79 Å². The molecule has 2 aromatic heterocycles. The molecule has 0 aliphatic carbocycles. The lowest BCUT2D eigenvalue weighted by Gasteiger charge is -2.19. The Kier molecular flexibility index (Phi) is 5.53. The largest absolute Gasteiger partial charge is 0.454 e. The van der Waals surface area contributed by atoms with Gasteiger partial charge in [-0.1, -0.05) is 71.3 Å². The zero-order valence-corrected chi connectivity index (χ0v) is 20.8. The highest BCUT2D eigenvalue weighted by atomic mass is 35.5. The van der Waals surface area contributed by atoms with E-state index in [1.165, 1.54) is 0 Å². The van der Waals surface area contributed by atoms with Gasteiger partial charge in [0.25, 0.3) is 11.1 Å². The molecule has 186 valence electrons. The summed E-state index contributed by atoms with van der Waals surface area (Å²) in [4.78, 5) is 26.9. The Labute approximate surface area is 216 Å². The van der Waals surface area contributed by atoms with Crippen LogP contribution in [0.5, 0.6) is 11.5 Å². The molecule has 4 N–H and O–H groups in total. The Morgan fingerprint density at radius 2 is 1.16 bits per heavy atom. The minimum atomic E-state index is -0.834. The van der Waals surface area contributed by atoms with E-state index in [0.29, 0.717) is 44.6 Å². The lowest BCUT2D eigenvalue weighted by molar-refractivity contribution is 0.174. The van der Waals surface area contributed by atoms with E-state index in [2.05, 4.69) is 20.4 Å². The third kappa shape index (κ3) is 3.95. The zero-order valence-electron chi connectivity index (χ0n) is 20.1. The summed E-state index contributed by atoms with van der Waals surface area (Å²) < 4.78 is 11.1. The molecular formula is C28H23ClN4O4. The van der Waals surface area contributed by atoms with Crippen LogP contribution in [0.2, 0.25) is 5.02 Å². The van der Waals surface area contributed by atoms with E-state index in [9.17, 15) is 9.59 Å². The van der Waals surface area contributed by atoms with Gasteiger partial charge in [0.1, 0.15) is 0 Å². The van der Waals surface area contributed by atoms with Gasteiger partial charge in [0.15, 0.2) is 11.5 Å². The van der Waals surface area contributed by atoms with Gasteiger partial charge in [0.2, 0.25) is 6.79 Å². The van der Waals surface area contributed by atoms with Crippen LogP contribution in [0.3, 0.4) is 0 Å².